The third kappa shape index (κ3) is 3.39. The maximum atomic E-state index is 10.2. The molecule has 0 radical (unpaired) electrons. The summed E-state index contributed by atoms with van der Waals surface area (Å²) >= 11 is 0. The molecule has 0 spiro atoms. The van der Waals surface area contributed by atoms with E-state index in [0.717, 1.165) is 17.5 Å². The molecule has 0 amide bonds. The van der Waals surface area contributed by atoms with E-state index >= 15 is 0 Å². The largest absolute Gasteiger partial charge is 0.507 e. The van der Waals surface area contributed by atoms with Crippen molar-refractivity contribution in [1.82, 2.24) is 0 Å². The Morgan fingerprint density at radius 1 is 0.850 bits per heavy atom. The molecule has 0 aromatic heterocycles. The van der Waals surface area contributed by atoms with Crippen LogP contribution >= 0.6 is 0 Å². The number of hydrogen-bond acceptors (Lipinski definition) is 1. The molecule has 1 N–H and O–H groups in total. The van der Waals surface area contributed by atoms with Crippen LogP contribution < -0.4 is 0 Å². The second kappa shape index (κ2) is 6.76. The van der Waals surface area contributed by atoms with E-state index in [1.807, 2.05) is 30.4 Å². The predicted molar refractivity (Wildman–Crippen MR) is 85.2 cm³/mol. The molecule has 0 aliphatic rings. The van der Waals surface area contributed by atoms with Crippen LogP contribution in [0.2, 0.25) is 0 Å². The topological polar surface area (TPSA) is 20.2 Å². The van der Waals surface area contributed by atoms with Gasteiger partial charge in [-0.25, -0.2) is 0 Å². The number of benzene rings is 2. The average molecular weight is 264 g/mol. The smallest absolute Gasteiger partial charge is 0.122 e. The third-order valence-electron chi connectivity index (χ3n) is 3.31. The average Bonchev–Trinajstić information content (AvgIpc) is 2.45. The summed E-state index contributed by atoms with van der Waals surface area (Å²) in [6.07, 6.45) is 5.87. The van der Waals surface area contributed by atoms with Crippen molar-refractivity contribution in [2.75, 3.05) is 0 Å². The van der Waals surface area contributed by atoms with Crippen LogP contribution in [0.4, 0.5) is 0 Å². The van der Waals surface area contributed by atoms with E-state index in [-0.39, 0.29) is 0 Å². The van der Waals surface area contributed by atoms with Crippen LogP contribution in [0.1, 0.15) is 22.3 Å². The Morgan fingerprint density at radius 2 is 1.40 bits per heavy atom. The van der Waals surface area contributed by atoms with E-state index in [4.69, 9.17) is 0 Å². The van der Waals surface area contributed by atoms with Crippen molar-refractivity contribution >= 4 is 0 Å². The number of phenols is 1. The molecule has 0 fully saturated rings. The number of phenolic OH excluding ortho intramolecular Hbond substituents is 1. The molecular formula is C19H20O. The maximum Gasteiger partial charge on any atom is 0.122 e. The first-order valence-corrected chi connectivity index (χ1v) is 6.84. The van der Waals surface area contributed by atoms with E-state index < -0.39 is 0 Å². The van der Waals surface area contributed by atoms with E-state index in [0.29, 0.717) is 18.6 Å². The normalized spacial score (nSPS) is 10.2. The molecule has 2 rings (SSSR count). The number of aromatic hydroxyl groups is 1. The van der Waals surface area contributed by atoms with Crippen molar-refractivity contribution in [3.05, 3.63) is 90.0 Å². The monoisotopic (exact) mass is 264 g/mol. The molecule has 2 aromatic rings. The van der Waals surface area contributed by atoms with Gasteiger partial charge in [-0.1, -0.05) is 54.6 Å². The Bertz CT molecular complexity index is 565. The molecule has 0 aliphatic carbocycles. The summed E-state index contributed by atoms with van der Waals surface area (Å²) < 4.78 is 0. The van der Waals surface area contributed by atoms with Gasteiger partial charge in [0, 0.05) is 0 Å². The molecule has 2 aromatic carbocycles. The van der Waals surface area contributed by atoms with E-state index in [2.05, 4.69) is 37.4 Å². The highest BCUT2D eigenvalue weighted by atomic mass is 16.3. The second-order valence-electron chi connectivity index (χ2n) is 4.91. The van der Waals surface area contributed by atoms with Crippen molar-refractivity contribution in [3.63, 3.8) is 0 Å². The Balaban J connectivity index is 2.37. The molecule has 20 heavy (non-hydrogen) atoms. The van der Waals surface area contributed by atoms with Gasteiger partial charge in [-0.15, -0.1) is 13.2 Å². The fraction of sp³-hybridized carbons (Fsp3) is 0.158. The summed E-state index contributed by atoms with van der Waals surface area (Å²) in [5.41, 5.74) is 4.35. The minimum Gasteiger partial charge on any atom is -0.507 e. The quantitative estimate of drug-likeness (QED) is 0.765. The lowest BCUT2D eigenvalue weighted by atomic mass is 9.96. The highest BCUT2D eigenvalue weighted by Gasteiger charge is 2.08. The lowest BCUT2D eigenvalue weighted by molar-refractivity contribution is 0.464. The zero-order valence-corrected chi connectivity index (χ0v) is 11.7. The highest BCUT2D eigenvalue weighted by molar-refractivity contribution is 5.46. The summed E-state index contributed by atoms with van der Waals surface area (Å²) in [7, 11) is 0. The van der Waals surface area contributed by atoms with Gasteiger partial charge in [0.15, 0.2) is 0 Å². The van der Waals surface area contributed by atoms with Crippen molar-refractivity contribution < 1.29 is 5.11 Å². The van der Waals surface area contributed by atoms with Gasteiger partial charge < -0.3 is 5.11 Å². The van der Waals surface area contributed by atoms with Crippen LogP contribution in [0, 0.1) is 0 Å². The Morgan fingerprint density at radius 3 is 1.90 bits per heavy atom. The molecule has 1 nitrogen and oxygen atoms in total. The number of rotatable bonds is 6. The SMILES string of the molecule is C=CCc1cc(Cc2ccccc2)cc(CC=C)c1O. The first kappa shape index (κ1) is 14.1. The van der Waals surface area contributed by atoms with Crippen LogP contribution in [-0.4, -0.2) is 5.11 Å². The Labute approximate surface area is 120 Å². The second-order valence-corrected chi connectivity index (χ2v) is 4.91. The molecule has 0 bridgehead atoms. The van der Waals surface area contributed by atoms with Gasteiger partial charge in [-0.2, -0.15) is 0 Å². The van der Waals surface area contributed by atoms with Crippen LogP contribution in [0.15, 0.2) is 67.8 Å². The molecule has 0 unspecified atom stereocenters. The molecule has 0 saturated carbocycles. The lowest BCUT2D eigenvalue weighted by Gasteiger charge is -2.11. The van der Waals surface area contributed by atoms with Crippen molar-refractivity contribution in [3.8, 4) is 5.75 Å². The van der Waals surface area contributed by atoms with Crippen molar-refractivity contribution in [2.45, 2.75) is 19.3 Å². The maximum absolute atomic E-state index is 10.2. The fourth-order valence-corrected chi connectivity index (χ4v) is 2.39. The van der Waals surface area contributed by atoms with Gasteiger partial charge in [0.2, 0.25) is 0 Å². The predicted octanol–water partition coefficient (Wildman–Crippen LogP) is 4.44. The summed E-state index contributed by atoms with van der Waals surface area (Å²) in [4.78, 5) is 0. The lowest BCUT2D eigenvalue weighted by Crippen LogP contribution is -1.95. The van der Waals surface area contributed by atoms with Gasteiger partial charge in [0.25, 0.3) is 0 Å². The molecule has 0 heterocycles. The van der Waals surface area contributed by atoms with Gasteiger partial charge in [-0.05, 0) is 41.5 Å². The first-order valence-electron chi connectivity index (χ1n) is 6.84. The van der Waals surface area contributed by atoms with Crippen molar-refractivity contribution in [1.29, 1.82) is 0 Å². The highest BCUT2D eigenvalue weighted by Crippen LogP contribution is 2.27. The standard InChI is InChI=1S/C19H20O/c1-3-8-17-13-16(12-15-10-6-5-7-11-15)14-18(9-4-2)19(17)20/h3-7,10-11,13-14,20H,1-2,8-9,12H2. The van der Waals surface area contributed by atoms with Crippen LogP contribution in [0.5, 0.6) is 5.75 Å². The zero-order chi connectivity index (χ0) is 14.4. The summed E-state index contributed by atoms with van der Waals surface area (Å²) in [6.45, 7) is 7.51. The van der Waals surface area contributed by atoms with Crippen molar-refractivity contribution in [2.24, 2.45) is 0 Å². The van der Waals surface area contributed by atoms with E-state index in [1.54, 1.807) is 0 Å². The van der Waals surface area contributed by atoms with Crippen LogP contribution in [-0.2, 0) is 19.3 Å². The van der Waals surface area contributed by atoms with Gasteiger partial charge in [0.05, 0.1) is 0 Å². The van der Waals surface area contributed by atoms with Gasteiger partial charge >= 0.3 is 0 Å². The minimum absolute atomic E-state index is 0.376. The minimum atomic E-state index is 0.376. The molecule has 102 valence electrons. The third-order valence-corrected chi connectivity index (χ3v) is 3.31. The molecule has 1 heteroatoms. The fourth-order valence-electron chi connectivity index (χ4n) is 2.39. The Kier molecular flexibility index (Phi) is 4.78. The summed E-state index contributed by atoms with van der Waals surface area (Å²) in [6, 6.07) is 14.5. The zero-order valence-electron chi connectivity index (χ0n) is 11.7. The van der Waals surface area contributed by atoms with E-state index in [9.17, 15) is 5.11 Å². The van der Waals surface area contributed by atoms with Crippen LogP contribution in [0.3, 0.4) is 0 Å². The summed E-state index contributed by atoms with van der Waals surface area (Å²) in [5, 5.41) is 10.2. The number of hydrogen-bond donors (Lipinski definition) is 1. The Hall–Kier alpha value is -2.28. The van der Waals surface area contributed by atoms with Gasteiger partial charge in [0.1, 0.15) is 5.75 Å². The number of allylic oxidation sites excluding steroid dienone is 2. The first-order chi connectivity index (χ1) is 9.74. The van der Waals surface area contributed by atoms with E-state index in [1.165, 1.54) is 11.1 Å². The molecule has 0 aliphatic heterocycles. The van der Waals surface area contributed by atoms with Crippen LogP contribution in [0.25, 0.3) is 0 Å². The molecule has 0 saturated heterocycles. The van der Waals surface area contributed by atoms with Gasteiger partial charge in [-0.3, -0.25) is 0 Å². The summed E-state index contributed by atoms with van der Waals surface area (Å²) in [5.74, 6) is 0.376. The molecular weight excluding hydrogens is 244 g/mol. The molecule has 0 atom stereocenters.